The normalized spacial score (nSPS) is 44.1. The zero-order chi connectivity index (χ0) is 12.5. The maximum Gasteiger partial charge on any atom is 0.0259 e. The second-order valence-electron chi connectivity index (χ2n) is 6.16. The van der Waals surface area contributed by atoms with Crippen molar-refractivity contribution in [3.63, 3.8) is 0 Å². The number of nitrogens with zero attached hydrogens (tertiary/aromatic N) is 1. The number of likely N-dealkylation sites (tertiary alicyclic amines) is 1. The molecule has 17 heavy (non-hydrogen) atoms. The van der Waals surface area contributed by atoms with Crippen LogP contribution in [0.1, 0.15) is 40.0 Å². The molecule has 3 heteroatoms. The summed E-state index contributed by atoms with van der Waals surface area (Å²) >= 11 is 2.19. The molecule has 0 saturated carbocycles. The second-order valence-corrected chi connectivity index (χ2v) is 7.84. The molecule has 2 rings (SSSR count). The van der Waals surface area contributed by atoms with Crippen molar-refractivity contribution in [1.82, 2.24) is 10.2 Å². The highest BCUT2D eigenvalue weighted by Gasteiger charge is 2.37. The third kappa shape index (κ3) is 2.99. The van der Waals surface area contributed by atoms with Gasteiger partial charge in [0.05, 0.1) is 0 Å². The SMILES string of the molecule is CNC1CCN(CC2(C)CCCS2)C(C)C1C. The number of piperidine rings is 1. The molecule has 2 aliphatic rings. The molecule has 1 N–H and O–H groups in total. The Bertz CT molecular complexity index is 251. The van der Waals surface area contributed by atoms with E-state index in [1.54, 1.807) is 0 Å². The minimum Gasteiger partial charge on any atom is -0.317 e. The van der Waals surface area contributed by atoms with Crippen molar-refractivity contribution in [1.29, 1.82) is 0 Å². The molecule has 2 nitrogen and oxygen atoms in total. The van der Waals surface area contributed by atoms with Crippen LogP contribution >= 0.6 is 11.8 Å². The molecule has 0 amide bonds. The van der Waals surface area contributed by atoms with Gasteiger partial charge < -0.3 is 5.32 Å². The molecular weight excluding hydrogens is 228 g/mol. The lowest BCUT2D eigenvalue weighted by Gasteiger charge is -2.45. The summed E-state index contributed by atoms with van der Waals surface area (Å²) in [5, 5.41) is 3.48. The molecule has 0 aliphatic carbocycles. The van der Waals surface area contributed by atoms with Crippen molar-refractivity contribution < 1.29 is 0 Å². The van der Waals surface area contributed by atoms with Gasteiger partial charge in [0.25, 0.3) is 0 Å². The molecule has 2 aliphatic heterocycles. The van der Waals surface area contributed by atoms with Gasteiger partial charge in [-0.15, -0.1) is 0 Å². The van der Waals surface area contributed by atoms with Crippen molar-refractivity contribution >= 4 is 11.8 Å². The Kier molecular flexibility index (Phi) is 4.43. The fraction of sp³-hybridized carbons (Fsp3) is 1.00. The van der Waals surface area contributed by atoms with Crippen LogP contribution in [0.25, 0.3) is 0 Å². The summed E-state index contributed by atoms with van der Waals surface area (Å²) in [6, 6.07) is 1.43. The third-order valence-corrected chi connectivity index (χ3v) is 6.43. The van der Waals surface area contributed by atoms with Gasteiger partial charge in [-0.25, -0.2) is 0 Å². The van der Waals surface area contributed by atoms with Crippen LogP contribution in [0.5, 0.6) is 0 Å². The number of thioether (sulfide) groups is 1. The molecule has 2 fully saturated rings. The van der Waals surface area contributed by atoms with Crippen LogP contribution in [0.4, 0.5) is 0 Å². The van der Waals surface area contributed by atoms with E-state index < -0.39 is 0 Å². The van der Waals surface area contributed by atoms with Crippen LogP contribution in [-0.2, 0) is 0 Å². The molecule has 2 heterocycles. The first-order chi connectivity index (χ1) is 8.06. The molecule has 0 aromatic carbocycles. The molecule has 4 atom stereocenters. The van der Waals surface area contributed by atoms with Gasteiger partial charge in [-0.1, -0.05) is 6.92 Å². The number of rotatable bonds is 3. The molecule has 100 valence electrons. The Morgan fingerprint density at radius 3 is 2.76 bits per heavy atom. The summed E-state index contributed by atoms with van der Waals surface area (Å²) < 4.78 is 0.528. The highest BCUT2D eigenvalue weighted by Crippen LogP contribution is 2.39. The van der Waals surface area contributed by atoms with E-state index in [0.29, 0.717) is 10.8 Å². The summed E-state index contributed by atoms with van der Waals surface area (Å²) in [6.07, 6.45) is 4.13. The van der Waals surface area contributed by atoms with Crippen molar-refractivity contribution in [3.05, 3.63) is 0 Å². The van der Waals surface area contributed by atoms with E-state index in [1.165, 1.54) is 38.1 Å². The Labute approximate surface area is 111 Å². The van der Waals surface area contributed by atoms with Gasteiger partial charge in [-0.3, -0.25) is 4.90 Å². The van der Waals surface area contributed by atoms with Gasteiger partial charge >= 0.3 is 0 Å². The Hall–Kier alpha value is 0.270. The highest BCUT2D eigenvalue weighted by atomic mass is 32.2. The van der Waals surface area contributed by atoms with Crippen molar-refractivity contribution in [2.24, 2.45) is 5.92 Å². The minimum atomic E-state index is 0.528. The summed E-state index contributed by atoms with van der Waals surface area (Å²) in [6.45, 7) is 9.85. The summed E-state index contributed by atoms with van der Waals surface area (Å²) in [5.41, 5.74) is 0. The molecule has 2 saturated heterocycles. The van der Waals surface area contributed by atoms with E-state index in [1.807, 2.05) is 0 Å². The van der Waals surface area contributed by atoms with Gasteiger partial charge in [0.2, 0.25) is 0 Å². The third-order valence-electron chi connectivity index (χ3n) is 4.91. The minimum absolute atomic E-state index is 0.528. The average Bonchev–Trinajstić information content (AvgIpc) is 2.72. The van der Waals surface area contributed by atoms with Gasteiger partial charge in [-0.05, 0) is 58.4 Å². The predicted molar refractivity (Wildman–Crippen MR) is 77.8 cm³/mol. The smallest absolute Gasteiger partial charge is 0.0259 e. The zero-order valence-electron chi connectivity index (χ0n) is 11.8. The Morgan fingerprint density at radius 2 is 2.18 bits per heavy atom. The van der Waals surface area contributed by atoms with Crippen molar-refractivity contribution in [3.8, 4) is 0 Å². The fourth-order valence-corrected chi connectivity index (χ4v) is 4.79. The standard InChI is InChI=1S/C14H28N2S/c1-11-12(2)16(8-6-13(11)15-4)10-14(3)7-5-9-17-14/h11-13,15H,5-10H2,1-4H3. The maximum atomic E-state index is 3.48. The highest BCUT2D eigenvalue weighted by molar-refractivity contribution is 8.00. The topological polar surface area (TPSA) is 15.3 Å². The molecule has 0 bridgehead atoms. The van der Waals surface area contributed by atoms with Crippen LogP contribution in [0.3, 0.4) is 0 Å². The molecular formula is C14H28N2S. The van der Waals surface area contributed by atoms with Crippen LogP contribution in [0, 0.1) is 5.92 Å². The van der Waals surface area contributed by atoms with Crippen LogP contribution < -0.4 is 5.32 Å². The van der Waals surface area contributed by atoms with Gasteiger partial charge in [0, 0.05) is 23.4 Å². The summed E-state index contributed by atoms with van der Waals surface area (Å²) in [4.78, 5) is 2.73. The number of hydrogen-bond acceptors (Lipinski definition) is 3. The van der Waals surface area contributed by atoms with Crippen molar-refractivity contribution in [2.75, 3.05) is 25.9 Å². The summed E-state index contributed by atoms with van der Waals surface area (Å²) in [5.74, 6) is 2.14. The lowest BCUT2D eigenvalue weighted by atomic mass is 9.86. The first-order valence-electron chi connectivity index (χ1n) is 7.11. The second kappa shape index (κ2) is 5.50. The van der Waals surface area contributed by atoms with Crippen LogP contribution in [0.15, 0.2) is 0 Å². The fourth-order valence-electron chi connectivity index (χ4n) is 3.46. The first-order valence-corrected chi connectivity index (χ1v) is 8.09. The number of nitrogens with one attached hydrogen (secondary N) is 1. The Morgan fingerprint density at radius 1 is 1.41 bits per heavy atom. The van der Waals surface area contributed by atoms with Crippen LogP contribution in [-0.4, -0.2) is 47.6 Å². The van der Waals surface area contributed by atoms with E-state index in [-0.39, 0.29) is 0 Å². The summed E-state index contributed by atoms with van der Waals surface area (Å²) in [7, 11) is 2.11. The lowest BCUT2D eigenvalue weighted by Crippen LogP contribution is -2.55. The van der Waals surface area contributed by atoms with E-state index in [4.69, 9.17) is 0 Å². The molecule has 0 aromatic heterocycles. The average molecular weight is 256 g/mol. The van der Waals surface area contributed by atoms with Crippen molar-refractivity contribution in [2.45, 2.75) is 56.9 Å². The monoisotopic (exact) mass is 256 g/mol. The largest absolute Gasteiger partial charge is 0.317 e. The molecule has 0 aromatic rings. The lowest BCUT2D eigenvalue weighted by molar-refractivity contribution is 0.0795. The van der Waals surface area contributed by atoms with Gasteiger partial charge in [0.15, 0.2) is 0 Å². The molecule has 0 radical (unpaired) electrons. The number of hydrogen-bond donors (Lipinski definition) is 1. The van der Waals surface area contributed by atoms with E-state index >= 15 is 0 Å². The Balaban J connectivity index is 1.93. The van der Waals surface area contributed by atoms with E-state index in [0.717, 1.165) is 12.0 Å². The first kappa shape index (κ1) is 13.7. The zero-order valence-corrected chi connectivity index (χ0v) is 12.6. The van der Waals surface area contributed by atoms with E-state index in [9.17, 15) is 0 Å². The predicted octanol–water partition coefficient (Wildman–Crippen LogP) is 2.59. The van der Waals surface area contributed by atoms with Gasteiger partial charge in [-0.2, -0.15) is 11.8 Å². The maximum absolute atomic E-state index is 3.48. The van der Waals surface area contributed by atoms with E-state index in [2.05, 4.69) is 49.8 Å². The van der Waals surface area contributed by atoms with Crippen LogP contribution in [0.2, 0.25) is 0 Å². The molecule has 4 unspecified atom stereocenters. The molecule has 0 spiro atoms. The van der Waals surface area contributed by atoms with Gasteiger partial charge in [0.1, 0.15) is 0 Å². The quantitative estimate of drug-likeness (QED) is 0.835.